The van der Waals surface area contributed by atoms with E-state index in [1.165, 1.54) is 17.8 Å². The zero-order valence-corrected chi connectivity index (χ0v) is 25.9. The minimum Gasteiger partial charge on any atom is -0.475 e. The number of nitrogens with two attached hydrogens (primary N) is 1. The second kappa shape index (κ2) is 15.4. The lowest BCUT2D eigenvalue weighted by atomic mass is 9.86. The number of nitriles is 1. The van der Waals surface area contributed by atoms with E-state index in [9.17, 15) is 22.8 Å². The molecule has 4 N–H and O–H groups in total. The second-order valence-corrected chi connectivity index (χ2v) is 12.0. The highest BCUT2D eigenvalue weighted by atomic mass is 19.4. The maximum Gasteiger partial charge on any atom is 0.490 e. The molecule has 0 amide bonds. The van der Waals surface area contributed by atoms with Crippen molar-refractivity contribution in [2.75, 3.05) is 29.9 Å². The highest BCUT2D eigenvalue weighted by molar-refractivity contribution is 5.73. The largest absolute Gasteiger partial charge is 0.490 e. The minimum absolute atomic E-state index is 0.0312. The van der Waals surface area contributed by atoms with Crippen molar-refractivity contribution in [3.63, 3.8) is 0 Å². The molecule has 248 valence electrons. The Bertz CT molecular complexity index is 1490. The minimum atomic E-state index is -5.08. The van der Waals surface area contributed by atoms with E-state index >= 15 is 0 Å². The van der Waals surface area contributed by atoms with Crippen LogP contribution in [0.15, 0.2) is 48.5 Å². The third-order valence-electron chi connectivity index (χ3n) is 8.10. The van der Waals surface area contributed by atoms with Gasteiger partial charge in [-0.1, -0.05) is 12.5 Å². The predicted octanol–water partition coefficient (Wildman–Crippen LogP) is 6.51. The van der Waals surface area contributed by atoms with Crippen LogP contribution in [0.3, 0.4) is 0 Å². The van der Waals surface area contributed by atoms with Crippen LogP contribution < -0.4 is 16.0 Å². The summed E-state index contributed by atoms with van der Waals surface area (Å²) >= 11 is 0. The van der Waals surface area contributed by atoms with Crippen LogP contribution in [0, 0.1) is 23.1 Å². The van der Waals surface area contributed by atoms with Crippen LogP contribution in [0.4, 0.5) is 29.1 Å². The summed E-state index contributed by atoms with van der Waals surface area (Å²) in [5.74, 6) is -2.03. The third kappa shape index (κ3) is 9.43. The first-order valence-electron chi connectivity index (χ1n) is 15.4. The van der Waals surface area contributed by atoms with Crippen LogP contribution in [-0.4, -0.2) is 64.9 Å². The molecule has 2 heterocycles. The maximum absolute atomic E-state index is 14.6. The number of nitrogens with one attached hydrogen (secondary N) is 1. The van der Waals surface area contributed by atoms with Crippen LogP contribution >= 0.6 is 0 Å². The van der Waals surface area contributed by atoms with Gasteiger partial charge in [0.15, 0.2) is 0 Å². The van der Waals surface area contributed by atoms with Gasteiger partial charge in [0.05, 0.1) is 29.2 Å². The van der Waals surface area contributed by atoms with Gasteiger partial charge in [-0.3, -0.25) is 0 Å². The summed E-state index contributed by atoms with van der Waals surface area (Å²) in [5.41, 5.74) is 9.72. The molecule has 3 aromatic rings. The van der Waals surface area contributed by atoms with Crippen LogP contribution in [0.1, 0.15) is 57.9 Å². The van der Waals surface area contributed by atoms with Gasteiger partial charge in [0.2, 0.25) is 0 Å². The van der Waals surface area contributed by atoms with Gasteiger partial charge >= 0.3 is 12.1 Å². The Hall–Kier alpha value is -4.15. The molecule has 5 rings (SSSR count). The molecule has 2 aromatic carbocycles. The Labute approximate surface area is 265 Å². The number of alkyl halides is 3. The number of carboxylic acid groups (broad SMARTS) is 1. The Morgan fingerprint density at radius 3 is 2.33 bits per heavy atom. The average Bonchev–Trinajstić information content (AvgIpc) is 3.44. The summed E-state index contributed by atoms with van der Waals surface area (Å²) in [6.07, 6.45) is 1.99. The molecule has 0 spiro atoms. The fraction of sp³-hybridized carbons (Fsp3) is 0.485. The molecule has 1 saturated heterocycles. The number of ether oxygens (including phenoxy) is 1. The summed E-state index contributed by atoms with van der Waals surface area (Å²) in [7, 11) is 0. The van der Waals surface area contributed by atoms with Gasteiger partial charge < -0.3 is 25.8 Å². The molecular weight excluding hydrogens is 604 g/mol. The van der Waals surface area contributed by atoms with Gasteiger partial charge in [-0.2, -0.15) is 18.4 Å². The van der Waals surface area contributed by atoms with Gasteiger partial charge in [-0.25, -0.2) is 13.9 Å². The SMILES string of the molecule is CC(C)OC1CCN(c2ccc(-n3nc(NC[C@H]4CCC[C@H](N)C4)cc3-c3ccc(C#N)c(F)c3)cc2)CC1.O=C(O)C(F)(F)F. The van der Waals surface area contributed by atoms with Crippen molar-refractivity contribution in [2.24, 2.45) is 11.7 Å². The first-order chi connectivity index (χ1) is 21.8. The monoisotopic (exact) mass is 644 g/mol. The number of carbonyl (C=O) groups is 1. The van der Waals surface area contributed by atoms with Crippen molar-refractivity contribution in [1.29, 1.82) is 5.26 Å². The highest BCUT2D eigenvalue weighted by Gasteiger charge is 2.38. The van der Waals surface area contributed by atoms with E-state index in [2.05, 4.69) is 48.3 Å². The fourth-order valence-electron chi connectivity index (χ4n) is 5.84. The number of halogens is 4. The van der Waals surface area contributed by atoms with E-state index in [-0.39, 0.29) is 17.7 Å². The van der Waals surface area contributed by atoms with Gasteiger partial charge in [-0.05, 0) is 88.3 Å². The third-order valence-corrected chi connectivity index (χ3v) is 8.10. The van der Waals surface area contributed by atoms with Gasteiger partial charge in [0.25, 0.3) is 0 Å². The first-order valence-corrected chi connectivity index (χ1v) is 15.4. The van der Waals surface area contributed by atoms with E-state index in [0.29, 0.717) is 17.6 Å². The molecule has 0 bridgehead atoms. The summed E-state index contributed by atoms with van der Waals surface area (Å²) in [5, 5.41) is 24.7. The number of anilines is 2. The van der Waals surface area contributed by atoms with Crippen LogP contribution in [-0.2, 0) is 9.53 Å². The Morgan fingerprint density at radius 2 is 1.76 bits per heavy atom. The molecule has 2 aliphatic rings. The Balaban J connectivity index is 0.000000617. The van der Waals surface area contributed by atoms with Gasteiger partial charge in [-0.15, -0.1) is 5.10 Å². The van der Waals surface area contributed by atoms with Crippen LogP contribution in [0.5, 0.6) is 0 Å². The van der Waals surface area contributed by atoms with Gasteiger partial charge in [0, 0.05) is 43.0 Å². The van der Waals surface area contributed by atoms with Gasteiger partial charge in [0.1, 0.15) is 17.7 Å². The summed E-state index contributed by atoms with van der Waals surface area (Å²) in [6.45, 7) is 6.92. The molecule has 0 unspecified atom stereocenters. The standard InChI is InChI=1S/C31H39FN6O.C2HF3O2/c1-21(2)39-28-12-14-37(15-13-28)26-8-10-27(11-9-26)38-30(23-6-7-24(19-33)29(32)17-23)18-31(36-38)35-20-22-4-3-5-25(34)16-22;3-2(4,5)1(6)7/h6-11,17-18,21-22,25,28H,3-5,12-16,20,34H2,1-2H3,(H,35,36);(H,6,7)/t22-,25-;/m0./s1. The zero-order chi connectivity index (χ0) is 33.4. The lowest BCUT2D eigenvalue weighted by molar-refractivity contribution is -0.192. The van der Waals surface area contributed by atoms with Crippen molar-refractivity contribution in [3.8, 4) is 23.0 Å². The van der Waals surface area contributed by atoms with Crippen molar-refractivity contribution in [1.82, 2.24) is 9.78 Å². The van der Waals surface area contributed by atoms with Crippen molar-refractivity contribution < 1.29 is 32.2 Å². The number of hydrogen-bond acceptors (Lipinski definition) is 7. The predicted molar refractivity (Wildman–Crippen MR) is 167 cm³/mol. The molecule has 1 aliphatic carbocycles. The highest BCUT2D eigenvalue weighted by Crippen LogP contribution is 2.30. The first kappa shape index (κ1) is 34.7. The molecular formula is C33H40F4N6O3. The average molecular weight is 645 g/mol. The smallest absolute Gasteiger partial charge is 0.475 e. The van der Waals surface area contributed by atoms with Crippen molar-refractivity contribution >= 4 is 17.5 Å². The molecule has 1 aliphatic heterocycles. The number of nitrogens with zero attached hydrogens (tertiary/aromatic N) is 4. The molecule has 46 heavy (non-hydrogen) atoms. The molecule has 1 saturated carbocycles. The van der Waals surface area contributed by atoms with E-state index < -0.39 is 18.0 Å². The molecule has 2 fully saturated rings. The number of aliphatic carboxylic acids is 1. The molecule has 2 atom stereocenters. The summed E-state index contributed by atoms with van der Waals surface area (Å²) in [6, 6.07) is 17.2. The molecule has 9 nitrogen and oxygen atoms in total. The number of rotatable bonds is 8. The van der Waals surface area contributed by atoms with Crippen molar-refractivity contribution in [3.05, 3.63) is 59.9 Å². The quantitative estimate of drug-likeness (QED) is 0.237. The second-order valence-electron chi connectivity index (χ2n) is 12.0. The maximum atomic E-state index is 14.6. The van der Waals surface area contributed by atoms with Crippen molar-refractivity contribution in [2.45, 2.75) is 76.8 Å². The Morgan fingerprint density at radius 1 is 1.11 bits per heavy atom. The van der Waals surface area contributed by atoms with Crippen LogP contribution in [0.25, 0.3) is 16.9 Å². The van der Waals surface area contributed by atoms with E-state index in [1.807, 2.05) is 16.8 Å². The van der Waals surface area contributed by atoms with E-state index in [0.717, 1.165) is 75.4 Å². The topological polar surface area (TPSA) is 129 Å². The fourth-order valence-corrected chi connectivity index (χ4v) is 5.84. The number of piperidine rings is 1. The van der Waals surface area contributed by atoms with Crippen LogP contribution in [0.2, 0.25) is 0 Å². The number of benzene rings is 2. The number of hydrogen-bond donors (Lipinski definition) is 3. The summed E-state index contributed by atoms with van der Waals surface area (Å²) < 4.78 is 54.2. The molecule has 1 aromatic heterocycles. The zero-order valence-electron chi connectivity index (χ0n) is 25.9. The van der Waals surface area contributed by atoms with E-state index in [4.69, 9.17) is 25.5 Å². The van der Waals surface area contributed by atoms with E-state index in [1.54, 1.807) is 6.07 Å². The Kier molecular flexibility index (Phi) is 11.6. The molecule has 13 heteroatoms. The normalized spacial score (nSPS) is 18.9. The lowest BCUT2D eigenvalue weighted by Crippen LogP contribution is -2.37. The lowest BCUT2D eigenvalue weighted by Gasteiger charge is -2.34. The summed E-state index contributed by atoms with van der Waals surface area (Å²) in [4.78, 5) is 11.3. The number of aromatic nitrogens is 2. The molecule has 0 radical (unpaired) electrons. The number of carboxylic acids is 1.